The first-order chi connectivity index (χ1) is 9.52. The molecular formula is C14H15F3N2S. The number of aromatic nitrogens is 1. The summed E-state index contributed by atoms with van der Waals surface area (Å²) in [5.41, 5.74) is -0.306. The quantitative estimate of drug-likeness (QED) is 0.901. The van der Waals surface area contributed by atoms with E-state index in [1.165, 1.54) is 23.5 Å². The summed E-state index contributed by atoms with van der Waals surface area (Å²) in [5, 5.41) is 5.77. The average Bonchev–Trinajstić information content (AvgIpc) is 2.90. The van der Waals surface area contributed by atoms with Crippen LogP contribution in [0.25, 0.3) is 0 Å². The maximum atomic E-state index is 13.1. The van der Waals surface area contributed by atoms with Gasteiger partial charge in [0.15, 0.2) is 0 Å². The van der Waals surface area contributed by atoms with Crippen LogP contribution in [0.3, 0.4) is 0 Å². The van der Waals surface area contributed by atoms with Crippen molar-refractivity contribution >= 4 is 11.3 Å². The molecule has 0 bridgehead atoms. The fourth-order valence-corrected chi connectivity index (χ4v) is 2.79. The Labute approximate surface area is 119 Å². The van der Waals surface area contributed by atoms with E-state index in [2.05, 4.69) is 10.3 Å². The predicted octanol–water partition coefficient (Wildman–Crippen LogP) is 4.06. The highest BCUT2D eigenvalue weighted by atomic mass is 32.1. The fourth-order valence-electron chi connectivity index (χ4n) is 2.13. The first kappa shape index (κ1) is 15.0. The summed E-state index contributed by atoms with van der Waals surface area (Å²) in [6, 6.07) is 5.32. The highest BCUT2D eigenvalue weighted by Crippen LogP contribution is 2.35. The summed E-state index contributed by atoms with van der Waals surface area (Å²) in [4.78, 5) is 4.15. The number of rotatable bonds is 5. The van der Waals surface area contributed by atoms with Crippen LogP contribution in [0.2, 0.25) is 0 Å². The molecule has 1 aromatic carbocycles. The van der Waals surface area contributed by atoms with Gasteiger partial charge in [-0.05, 0) is 18.2 Å². The number of benzene rings is 1. The van der Waals surface area contributed by atoms with Crippen LogP contribution >= 0.6 is 11.3 Å². The van der Waals surface area contributed by atoms with Crippen molar-refractivity contribution in [2.45, 2.75) is 25.6 Å². The van der Waals surface area contributed by atoms with E-state index in [0.29, 0.717) is 13.0 Å². The minimum absolute atomic E-state index is 0.275. The van der Waals surface area contributed by atoms with Gasteiger partial charge in [-0.2, -0.15) is 13.2 Å². The fraction of sp³-hybridized carbons (Fsp3) is 0.357. The molecule has 0 radical (unpaired) electrons. The molecule has 0 saturated heterocycles. The molecule has 0 aliphatic carbocycles. The molecule has 0 spiro atoms. The maximum Gasteiger partial charge on any atom is 0.416 e. The molecule has 0 aliphatic rings. The standard InChI is InChI=1S/C14H15F3N2S/c1-2-18-12(9-13-19-7-8-20-13)10-5-3-4-6-11(10)14(15,16)17/h3-8,12,18H,2,9H2,1H3. The summed E-state index contributed by atoms with van der Waals surface area (Å²) in [5.74, 6) is 0. The summed E-state index contributed by atoms with van der Waals surface area (Å²) in [6.45, 7) is 2.48. The molecule has 2 rings (SSSR count). The van der Waals surface area contributed by atoms with E-state index in [9.17, 15) is 13.2 Å². The van der Waals surface area contributed by atoms with Crippen LogP contribution in [0.15, 0.2) is 35.8 Å². The Hall–Kier alpha value is -1.40. The SMILES string of the molecule is CCNC(Cc1nccs1)c1ccccc1C(F)(F)F. The molecular weight excluding hydrogens is 285 g/mol. The van der Waals surface area contributed by atoms with Crippen LogP contribution in [-0.2, 0) is 12.6 Å². The third-order valence-electron chi connectivity index (χ3n) is 2.95. The van der Waals surface area contributed by atoms with Gasteiger partial charge in [0, 0.05) is 24.0 Å². The van der Waals surface area contributed by atoms with Gasteiger partial charge < -0.3 is 5.32 Å². The van der Waals surface area contributed by atoms with Gasteiger partial charge in [0.1, 0.15) is 0 Å². The van der Waals surface area contributed by atoms with Gasteiger partial charge in [-0.15, -0.1) is 11.3 Å². The molecule has 6 heteroatoms. The molecule has 1 heterocycles. The van der Waals surface area contributed by atoms with Crippen molar-refractivity contribution in [3.05, 3.63) is 52.0 Å². The molecule has 2 nitrogen and oxygen atoms in total. The Kier molecular flexibility index (Phi) is 4.77. The van der Waals surface area contributed by atoms with Gasteiger partial charge in [-0.25, -0.2) is 4.98 Å². The minimum Gasteiger partial charge on any atom is -0.310 e. The largest absolute Gasteiger partial charge is 0.416 e. The van der Waals surface area contributed by atoms with Gasteiger partial charge >= 0.3 is 6.18 Å². The number of likely N-dealkylation sites (N-methyl/N-ethyl adjacent to an activating group) is 1. The second kappa shape index (κ2) is 6.37. The van der Waals surface area contributed by atoms with E-state index >= 15 is 0 Å². The van der Waals surface area contributed by atoms with Gasteiger partial charge in [0.05, 0.1) is 10.6 Å². The first-order valence-corrected chi connectivity index (χ1v) is 7.18. The summed E-state index contributed by atoms with van der Waals surface area (Å²) in [7, 11) is 0. The zero-order valence-corrected chi connectivity index (χ0v) is 11.8. The van der Waals surface area contributed by atoms with Crippen LogP contribution in [0.4, 0.5) is 13.2 Å². The number of halogens is 3. The molecule has 20 heavy (non-hydrogen) atoms. The highest BCUT2D eigenvalue weighted by molar-refractivity contribution is 7.09. The number of hydrogen-bond acceptors (Lipinski definition) is 3. The molecule has 1 unspecified atom stereocenters. The smallest absolute Gasteiger partial charge is 0.310 e. The lowest BCUT2D eigenvalue weighted by Crippen LogP contribution is -2.25. The number of nitrogens with zero attached hydrogens (tertiary/aromatic N) is 1. The lowest BCUT2D eigenvalue weighted by molar-refractivity contribution is -0.138. The predicted molar refractivity (Wildman–Crippen MR) is 73.7 cm³/mol. The van der Waals surface area contributed by atoms with E-state index in [-0.39, 0.29) is 11.6 Å². The number of hydrogen-bond donors (Lipinski definition) is 1. The second-order valence-corrected chi connectivity index (χ2v) is 5.30. The van der Waals surface area contributed by atoms with Crippen LogP contribution in [0.1, 0.15) is 29.1 Å². The lowest BCUT2D eigenvalue weighted by atomic mass is 9.97. The van der Waals surface area contributed by atoms with E-state index in [4.69, 9.17) is 0 Å². The Morgan fingerprint density at radius 1 is 1.30 bits per heavy atom. The number of nitrogens with one attached hydrogen (secondary N) is 1. The van der Waals surface area contributed by atoms with Crippen LogP contribution in [-0.4, -0.2) is 11.5 Å². The number of alkyl halides is 3. The second-order valence-electron chi connectivity index (χ2n) is 4.33. The Morgan fingerprint density at radius 3 is 2.65 bits per heavy atom. The minimum atomic E-state index is -4.34. The molecule has 0 fully saturated rings. The molecule has 108 valence electrons. The van der Waals surface area contributed by atoms with Crippen molar-refractivity contribution in [2.24, 2.45) is 0 Å². The highest BCUT2D eigenvalue weighted by Gasteiger charge is 2.34. The van der Waals surface area contributed by atoms with Crippen LogP contribution in [0.5, 0.6) is 0 Å². The topological polar surface area (TPSA) is 24.9 Å². The van der Waals surface area contributed by atoms with Crippen LogP contribution < -0.4 is 5.32 Å². The zero-order valence-electron chi connectivity index (χ0n) is 10.9. The van der Waals surface area contributed by atoms with Crippen molar-refractivity contribution in [1.29, 1.82) is 0 Å². The summed E-state index contributed by atoms with van der Waals surface area (Å²) < 4.78 is 39.3. The molecule has 0 amide bonds. The van der Waals surface area contributed by atoms with Gasteiger partial charge in [-0.1, -0.05) is 25.1 Å². The van der Waals surface area contributed by atoms with Gasteiger partial charge in [-0.3, -0.25) is 0 Å². The van der Waals surface area contributed by atoms with Crippen molar-refractivity contribution in [3.63, 3.8) is 0 Å². The Bertz CT molecular complexity index is 538. The maximum absolute atomic E-state index is 13.1. The Morgan fingerprint density at radius 2 is 2.05 bits per heavy atom. The van der Waals surface area contributed by atoms with Crippen LogP contribution in [0, 0.1) is 0 Å². The monoisotopic (exact) mass is 300 g/mol. The Balaban J connectivity index is 2.34. The molecule has 2 aromatic rings. The summed E-state index contributed by atoms with van der Waals surface area (Å²) >= 11 is 1.45. The van der Waals surface area contributed by atoms with Crippen molar-refractivity contribution in [3.8, 4) is 0 Å². The average molecular weight is 300 g/mol. The molecule has 0 saturated carbocycles. The third-order valence-corrected chi connectivity index (χ3v) is 3.76. The lowest BCUT2D eigenvalue weighted by Gasteiger charge is -2.21. The van der Waals surface area contributed by atoms with E-state index in [0.717, 1.165) is 11.1 Å². The zero-order chi connectivity index (χ0) is 14.6. The van der Waals surface area contributed by atoms with Crippen molar-refractivity contribution in [2.75, 3.05) is 6.54 Å². The van der Waals surface area contributed by atoms with Gasteiger partial charge in [0.25, 0.3) is 0 Å². The molecule has 0 aliphatic heterocycles. The molecule has 1 N–H and O–H groups in total. The third kappa shape index (κ3) is 3.58. The number of thiazole rings is 1. The van der Waals surface area contributed by atoms with Crippen molar-refractivity contribution < 1.29 is 13.2 Å². The summed E-state index contributed by atoms with van der Waals surface area (Å²) in [6.07, 6.45) is -2.22. The van der Waals surface area contributed by atoms with E-state index in [1.807, 2.05) is 12.3 Å². The first-order valence-electron chi connectivity index (χ1n) is 6.30. The molecule has 1 aromatic heterocycles. The van der Waals surface area contributed by atoms with Crippen molar-refractivity contribution in [1.82, 2.24) is 10.3 Å². The van der Waals surface area contributed by atoms with E-state index < -0.39 is 11.7 Å². The van der Waals surface area contributed by atoms with Gasteiger partial charge in [0.2, 0.25) is 0 Å². The van der Waals surface area contributed by atoms with E-state index in [1.54, 1.807) is 12.3 Å². The normalized spacial score (nSPS) is 13.4. The molecule has 1 atom stereocenters.